The predicted octanol–water partition coefficient (Wildman–Crippen LogP) is 3.78. The van der Waals surface area contributed by atoms with Crippen LogP contribution in [0.15, 0.2) is 24.5 Å². The summed E-state index contributed by atoms with van der Waals surface area (Å²) in [5.74, 6) is 0.150. The topological polar surface area (TPSA) is 78.3 Å². The Bertz CT molecular complexity index is 1070. The van der Waals surface area contributed by atoms with Crippen molar-refractivity contribution in [3.8, 4) is 0 Å². The molecule has 0 radical (unpaired) electrons. The quantitative estimate of drug-likeness (QED) is 0.639. The Kier molecular flexibility index (Phi) is 5.67. The van der Waals surface area contributed by atoms with Gasteiger partial charge in [0.25, 0.3) is 0 Å². The van der Waals surface area contributed by atoms with Crippen LogP contribution in [-0.4, -0.2) is 46.1 Å². The van der Waals surface area contributed by atoms with Gasteiger partial charge in [0, 0.05) is 30.1 Å². The molecule has 2 N–H and O–H groups in total. The van der Waals surface area contributed by atoms with E-state index in [0.29, 0.717) is 24.5 Å². The summed E-state index contributed by atoms with van der Waals surface area (Å²) in [6.45, 7) is 0.301. The average Bonchev–Trinajstić information content (AvgIpc) is 3.09. The number of aliphatic hydroxyl groups is 1. The summed E-state index contributed by atoms with van der Waals surface area (Å²) in [5, 5.41) is 13.3. The van der Waals surface area contributed by atoms with E-state index in [1.807, 2.05) is 0 Å². The molecule has 0 spiro atoms. The first-order chi connectivity index (χ1) is 14.0. The zero-order chi connectivity index (χ0) is 20.5. The molecule has 0 aliphatic heterocycles. The summed E-state index contributed by atoms with van der Waals surface area (Å²) < 4.78 is 13.4. The van der Waals surface area contributed by atoms with Gasteiger partial charge < -0.3 is 15.3 Å². The number of nitrogens with one attached hydrogen (secondary N) is 1. The molecule has 3 aromatic rings. The van der Waals surface area contributed by atoms with Crippen LogP contribution in [0.1, 0.15) is 16.9 Å². The first kappa shape index (κ1) is 20.0. The molecule has 9 heteroatoms. The Balaban J connectivity index is 1.64. The lowest BCUT2D eigenvalue weighted by Gasteiger charge is -2.26. The fraction of sp³-hybridized carbons (Fsp3) is 0.350. The van der Waals surface area contributed by atoms with Gasteiger partial charge in [0.2, 0.25) is 5.91 Å². The molecule has 0 bridgehead atoms. The summed E-state index contributed by atoms with van der Waals surface area (Å²) in [6.07, 6.45) is 3.65. The van der Waals surface area contributed by atoms with E-state index < -0.39 is 5.82 Å². The number of hydrogen-bond donors (Lipinski definition) is 2. The molecule has 1 amide bonds. The van der Waals surface area contributed by atoms with Crippen molar-refractivity contribution in [1.82, 2.24) is 14.9 Å². The number of rotatable bonds is 5. The number of anilines is 2. The lowest BCUT2D eigenvalue weighted by Crippen LogP contribution is -2.37. The fourth-order valence-electron chi connectivity index (χ4n) is 3.70. The molecule has 0 saturated heterocycles. The number of nitrogens with zero attached hydrogens (tertiary/aromatic N) is 3. The van der Waals surface area contributed by atoms with E-state index in [1.165, 1.54) is 18.5 Å². The Labute approximate surface area is 176 Å². The number of hydrogen-bond acceptors (Lipinski definition) is 6. The normalized spacial score (nSPS) is 15.9. The van der Waals surface area contributed by atoms with Gasteiger partial charge in [-0.1, -0.05) is 11.6 Å². The highest BCUT2D eigenvalue weighted by atomic mass is 35.5. The number of likely N-dealkylation sites (N-methyl/N-ethyl adjacent to an activating group) is 1. The van der Waals surface area contributed by atoms with Gasteiger partial charge in [-0.3, -0.25) is 4.79 Å². The van der Waals surface area contributed by atoms with Crippen LogP contribution in [0.2, 0.25) is 5.02 Å². The first-order valence-electron chi connectivity index (χ1n) is 9.31. The second-order valence-corrected chi connectivity index (χ2v) is 8.57. The van der Waals surface area contributed by atoms with Crippen LogP contribution in [0.3, 0.4) is 0 Å². The van der Waals surface area contributed by atoms with E-state index in [4.69, 9.17) is 16.7 Å². The molecule has 1 aliphatic carbocycles. The third-order valence-corrected chi connectivity index (χ3v) is 6.64. The molecule has 6 nitrogen and oxygen atoms in total. The van der Waals surface area contributed by atoms with E-state index in [-0.39, 0.29) is 23.5 Å². The van der Waals surface area contributed by atoms with Crippen molar-refractivity contribution in [2.24, 2.45) is 5.92 Å². The number of fused-ring (bicyclic) bond motifs is 3. The van der Waals surface area contributed by atoms with E-state index in [9.17, 15) is 9.18 Å². The van der Waals surface area contributed by atoms with E-state index in [1.54, 1.807) is 29.4 Å². The number of aryl methyl sites for hydroxylation is 1. The third kappa shape index (κ3) is 3.92. The van der Waals surface area contributed by atoms with Crippen molar-refractivity contribution in [2.75, 3.05) is 25.5 Å². The maximum atomic E-state index is 13.4. The van der Waals surface area contributed by atoms with Gasteiger partial charge in [-0.15, -0.1) is 11.3 Å². The van der Waals surface area contributed by atoms with Crippen LogP contribution in [0, 0.1) is 11.7 Å². The van der Waals surface area contributed by atoms with Crippen LogP contribution in [0.5, 0.6) is 0 Å². The molecular weight excluding hydrogens is 415 g/mol. The molecule has 0 fully saturated rings. The number of amides is 1. The lowest BCUT2D eigenvalue weighted by atomic mass is 9.87. The van der Waals surface area contributed by atoms with Crippen molar-refractivity contribution >= 4 is 50.6 Å². The number of aliphatic hydroxyl groups excluding tert-OH is 1. The van der Waals surface area contributed by atoms with Crippen LogP contribution in [0.4, 0.5) is 15.9 Å². The predicted molar refractivity (Wildman–Crippen MR) is 112 cm³/mol. The van der Waals surface area contributed by atoms with Crippen molar-refractivity contribution < 1.29 is 14.3 Å². The molecule has 4 rings (SSSR count). The zero-order valence-electron chi connectivity index (χ0n) is 15.8. The highest BCUT2D eigenvalue weighted by molar-refractivity contribution is 7.19. The fourth-order valence-corrected chi connectivity index (χ4v) is 5.15. The summed E-state index contributed by atoms with van der Waals surface area (Å²) in [6, 6.07) is 4.44. The van der Waals surface area contributed by atoms with Gasteiger partial charge in [-0.2, -0.15) is 0 Å². The minimum Gasteiger partial charge on any atom is -0.395 e. The van der Waals surface area contributed by atoms with Crippen molar-refractivity contribution in [2.45, 2.75) is 19.3 Å². The Morgan fingerprint density at radius 1 is 1.45 bits per heavy atom. The number of halogens is 2. The number of benzene rings is 1. The number of thiophene rings is 1. The number of carbonyl (C=O) groups is 1. The summed E-state index contributed by atoms with van der Waals surface area (Å²) in [4.78, 5) is 25.0. The Morgan fingerprint density at radius 2 is 2.28 bits per heavy atom. The van der Waals surface area contributed by atoms with Crippen molar-refractivity contribution in [1.29, 1.82) is 0 Å². The van der Waals surface area contributed by atoms with Crippen molar-refractivity contribution in [3.63, 3.8) is 0 Å². The molecule has 1 unspecified atom stereocenters. The molecule has 1 aliphatic rings. The molecule has 2 aromatic heterocycles. The third-order valence-electron chi connectivity index (χ3n) is 5.19. The number of carbonyl (C=O) groups excluding carboxylic acids is 1. The van der Waals surface area contributed by atoms with Crippen LogP contribution >= 0.6 is 22.9 Å². The Hall–Kier alpha value is -2.29. The molecule has 0 saturated carbocycles. The summed E-state index contributed by atoms with van der Waals surface area (Å²) >= 11 is 7.47. The lowest BCUT2D eigenvalue weighted by molar-refractivity contribution is -0.135. The highest BCUT2D eigenvalue weighted by Crippen LogP contribution is 2.40. The van der Waals surface area contributed by atoms with E-state index in [2.05, 4.69) is 15.3 Å². The van der Waals surface area contributed by atoms with E-state index >= 15 is 0 Å². The maximum absolute atomic E-state index is 13.4. The van der Waals surface area contributed by atoms with Gasteiger partial charge in [0.05, 0.1) is 17.0 Å². The van der Waals surface area contributed by atoms with Crippen LogP contribution in [0.25, 0.3) is 10.2 Å². The number of aromatic nitrogens is 2. The second kappa shape index (κ2) is 8.22. The van der Waals surface area contributed by atoms with Crippen LogP contribution in [-0.2, 0) is 17.6 Å². The smallest absolute Gasteiger partial charge is 0.225 e. The standard InChI is InChI=1S/C20H20ClFN4O2S/c1-26(6-7-27)20(28)11-2-4-13-16(8-11)29-19-17(13)18(23-10-24-19)25-12-3-5-15(22)14(21)9-12/h3,5,9-11,27H,2,4,6-8H2,1H3,(H,23,24,25). The molecular formula is C20H20ClFN4O2S. The Morgan fingerprint density at radius 3 is 3.03 bits per heavy atom. The monoisotopic (exact) mass is 434 g/mol. The van der Waals surface area contributed by atoms with Crippen molar-refractivity contribution in [3.05, 3.63) is 45.8 Å². The van der Waals surface area contributed by atoms with Gasteiger partial charge >= 0.3 is 0 Å². The molecule has 1 aromatic carbocycles. The minimum absolute atomic E-state index is 0.0406. The van der Waals surface area contributed by atoms with Crippen LogP contribution < -0.4 is 5.32 Å². The zero-order valence-corrected chi connectivity index (χ0v) is 17.4. The van der Waals surface area contributed by atoms with Gasteiger partial charge in [0.1, 0.15) is 22.8 Å². The molecule has 2 heterocycles. The van der Waals surface area contributed by atoms with E-state index in [0.717, 1.165) is 33.5 Å². The average molecular weight is 435 g/mol. The maximum Gasteiger partial charge on any atom is 0.225 e. The summed E-state index contributed by atoms with van der Waals surface area (Å²) in [5.41, 5.74) is 1.81. The minimum atomic E-state index is -0.472. The molecule has 1 atom stereocenters. The first-order valence-corrected chi connectivity index (χ1v) is 10.5. The second-order valence-electron chi connectivity index (χ2n) is 7.08. The van der Waals surface area contributed by atoms with Gasteiger partial charge in [0.15, 0.2) is 0 Å². The summed E-state index contributed by atoms with van der Waals surface area (Å²) in [7, 11) is 1.72. The SMILES string of the molecule is CN(CCO)C(=O)C1CCc2c(sc3ncnc(Nc4ccc(F)c(Cl)c4)c23)C1. The van der Waals surface area contributed by atoms with Gasteiger partial charge in [-0.05, 0) is 43.0 Å². The van der Waals surface area contributed by atoms with Gasteiger partial charge in [-0.25, -0.2) is 14.4 Å². The largest absolute Gasteiger partial charge is 0.395 e. The molecule has 29 heavy (non-hydrogen) atoms. The molecule has 152 valence electrons. The highest BCUT2D eigenvalue weighted by Gasteiger charge is 2.30.